The number of hydroxylamine groups is 2. The van der Waals surface area contributed by atoms with Crippen molar-refractivity contribution in [3.63, 3.8) is 0 Å². The summed E-state index contributed by atoms with van der Waals surface area (Å²) in [6, 6.07) is 0. The molecule has 8 heavy (non-hydrogen) atoms. The Labute approximate surface area is 52.1 Å². The second-order valence-electron chi connectivity index (χ2n) is 1.14. The Bertz CT molecular complexity index is 27.7. The highest BCUT2D eigenvalue weighted by molar-refractivity contribution is 4.26. The van der Waals surface area contributed by atoms with E-state index in [1.54, 1.807) is 0 Å². The van der Waals surface area contributed by atoms with Gasteiger partial charge in [-0.2, -0.15) is 5.06 Å². The van der Waals surface area contributed by atoms with E-state index < -0.39 is 0 Å². The molecule has 0 saturated heterocycles. The van der Waals surface area contributed by atoms with Crippen LogP contribution in [0.25, 0.3) is 0 Å². The average Bonchev–Trinajstić information content (AvgIpc) is 1.91. The zero-order valence-electron chi connectivity index (χ0n) is 6.31. The highest BCUT2D eigenvalue weighted by Gasteiger charge is 1.84. The maximum atomic E-state index is 8.50. The number of hydrogen-bond donors (Lipinski definition) is 1. The summed E-state index contributed by atoms with van der Waals surface area (Å²) in [5.41, 5.74) is 0. The molecule has 0 aromatic rings. The molecule has 0 atom stereocenters. The molecule has 0 aliphatic rings. The second-order valence-corrected chi connectivity index (χ2v) is 1.14. The molecule has 1 N–H and O–H groups in total. The van der Waals surface area contributed by atoms with Gasteiger partial charge in [-0.1, -0.05) is 27.7 Å². The summed E-state index contributed by atoms with van der Waals surface area (Å²) in [4.78, 5) is 0. The van der Waals surface area contributed by atoms with Crippen LogP contribution in [0.15, 0.2) is 0 Å². The Morgan fingerprint density at radius 3 is 1.38 bits per heavy atom. The summed E-state index contributed by atoms with van der Waals surface area (Å²) < 4.78 is 0. The van der Waals surface area contributed by atoms with Gasteiger partial charge in [0.15, 0.2) is 0 Å². The Kier molecular flexibility index (Phi) is 13.6. The Hall–Kier alpha value is -0.0800. The first-order chi connectivity index (χ1) is 3.81. The van der Waals surface area contributed by atoms with Gasteiger partial charge >= 0.3 is 0 Å². The van der Waals surface area contributed by atoms with Gasteiger partial charge in [-0.3, -0.25) is 0 Å². The highest BCUT2D eigenvalue weighted by Crippen LogP contribution is 1.73. The molecule has 0 amide bonds. The summed E-state index contributed by atoms with van der Waals surface area (Å²) in [5, 5.41) is 9.75. The minimum atomic E-state index is 0.719. The van der Waals surface area contributed by atoms with Gasteiger partial charge in [0, 0.05) is 13.1 Å². The van der Waals surface area contributed by atoms with Crippen LogP contribution >= 0.6 is 0 Å². The van der Waals surface area contributed by atoms with E-state index in [9.17, 15) is 0 Å². The first kappa shape index (κ1) is 10.8. The normalized spacial score (nSPS) is 8.25. The van der Waals surface area contributed by atoms with Crippen molar-refractivity contribution in [2.24, 2.45) is 0 Å². The van der Waals surface area contributed by atoms with E-state index in [-0.39, 0.29) is 0 Å². The first-order valence-electron chi connectivity index (χ1n) is 3.25. The number of hydrogen-bond acceptors (Lipinski definition) is 2. The quantitative estimate of drug-likeness (QED) is 0.560. The lowest BCUT2D eigenvalue weighted by Crippen LogP contribution is -2.16. The average molecular weight is 119 g/mol. The molecule has 0 unspecified atom stereocenters. The summed E-state index contributed by atoms with van der Waals surface area (Å²) in [5.74, 6) is 0. The van der Waals surface area contributed by atoms with E-state index in [1.807, 2.05) is 27.7 Å². The summed E-state index contributed by atoms with van der Waals surface area (Å²) in [7, 11) is 0. The maximum Gasteiger partial charge on any atom is 0.0209 e. The van der Waals surface area contributed by atoms with Crippen LogP contribution in [0.2, 0.25) is 0 Å². The molecule has 0 spiro atoms. The molecule has 0 rings (SSSR count). The molecule has 2 nitrogen and oxygen atoms in total. The molecule has 0 aliphatic carbocycles. The lowest BCUT2D eigenvalue weighted by molar-refractivity contribution is -0.0813. The van der Waals surface area contributed by atoms with Gasteiger partial charge in [-0.15, -0.1) is 0 Å². The van der Waals surface area contributed by atoms with Crippen LogP contribution in [0, 0.1) is 0 Å². The monoisotopic (exact) mass is 119 g/mol. The van der Waals surface area contributed by atoms with Gasteiger partial charge < -0.3 is 5.21 Å². The minimum Gasteiger partial charge on any atom is -0.314 e. The minimum absolute atomic E-state index is 0.719. The van der Waals surface area contributed by atoms with Gasteiger partial charge in [0.25, 0.3) is 0 Å². The van der Waals surface area contributed by atoms with Crippen molar-refractivity contribution < 1.29 is 5.21 Å². The fourth-order valence-corrected chi connectivity index (χ4v) is 0.224. The third-order valence-corrected chi connectivity index (χ3v) is 0.730. The second kappa shape index (κ2) is 10.0. The topological polar surface area (TPSA) is 23.5 Å². The van der Waals surface area contributed by atoms with Crippen molar-refractivity contribution >= 4 is 0 Å². The molecule has 2 heteroatoms. The van der Waals surface area contributed by atoms with Gasteiger partial charge in [-0.25, -0.2) is 0 Å². The summed E-state index contributed by atoms with van der Waals surface area (Å²) in [6.07, 6.45) is 0. The Morgan fingerprint density at radius 1 is 1.12 bits per heavy atom. The molecule has 0 fully saturated rings. The summed E-state index contributed by atoms with van der Waals surface area (Å²) in [6.45, 7) is 9.25. The smallest absolute Gasteiger partial charge is 0.0209 e. The van der Waals surface area contributed by atoms with E-state index in [0.29, 0.717) is 0 Å². The zero-order valence-corrected chi connectivity index (χ0v) is 6.31. The van der Waals surface area contributed by atoms with Gasteiger partial charge in [0.2, 0.25) is 0 Å². The van der Waals surface area contributed by atoms with Crippen LogP contribution in [0.1, 0.15) is 27.7 Å². The van der Waals surface area contributed by atoms with Crippen LogP contribution in [0.4, 0.5) is 0 Å². The molecule has 0 aromatic heterocycles. The fraction of sp³-hybridized carbons (Fsp3) is 1.00. The highest BCUT2D eigenvalue weighted by atomic mass is 16.5. The molecule has 0 aromatic carbocycles. The van der Waals surface area contributed by atoms with Crippen molar-refractivity contribution in [2.45, 2.75) is 27.7 Å². The van der Waals surface area contributed by atoms with E-state index in [0.717, 1.165) is 13.1 Å². The van der Waals surface area contributed by atoms with Crippen LogP contribution in [0.3, 0.4) is 0 Å². The molecule has 0 saturated carbocycles. The molecule has 0 bridgehead atoms. The number of rotatable bonds is 2. The van der Waals surface area contributed by atoms with Crippen molar-refractivity contribution in [3.8, 4) is 0 Å². The standard InChI is InChI=1S/C4H11NO.C2H6/c1-3-5(6)4-2;1-2/h6H,3-4H2,1-2H3;1-2H3. The maximum absolute atomic E-state index is 8.50. The van der Waals surface area contributed by atoms with E-state index >= 15 is 0 Å². The first-order valence-corrected chi connectivity index (χ1v) is 3.25. The van der Waals surface area contributed by atoms with Crippen molar-refractivity contribution in [1.29, 1.82) is 0 Å². The van der Waals surface area contributed by atoms with E-state index in [2.05, 4.69) is 0 Å². The van der Waals surface area contributed by atoms with Crippen LogP contribution in [-0.4, -0.2) is 23.4 Å². The lowest BCUT2D eigenvalue weighted by atomic mass is 10.6. The molecule has 0 radical (unpaired) electrons. The Morgan fingerprint density at radius 2 is 1.38 bits per heavy atom. The largest absolute Gasteiger partial charge is 0.314 e. The summed E-state index contributed by atoms with van der Waals surface area (Å²) >= 11 is 0. The van der Waals surface area contributed by atoms with Crippen LogP contribution in [0.5, 0.6) is 0 Å². The number of nitrogens with zero attached hydrogens (tertiary/aromatic N) is 1. The Balaban J connectivity index is 0. The van der Waals surface area contributed by atoms with Crippen LogP contribution < -0.4 is 0 Å². The van der Waals surface area contributed by atoms with Crippen LogP contribution in [-0.2, 0) is 0 Å². The third-order valence-electron chi connectivity index (χ3n) is 0.730. The predicted octanol–water partition coefficient (Wildman–Crippen LogP) is 1.74. The molecule has 0 heterocycles. The molecule has 0 aliphatic heterocycles. The molecular weight excluding hydrogens is 102 g/mol. The molecule has 52 valence electrons. The molecular formula is C6H17NO. The third kappa shape index (κ3) is 9.33. The van der Waals surface area contributed by atoms with E-state index in [1.165, 1.54) is 5.06 Å². The van der Waals surface area contributed by atoms with Crippen molar-refractivity contribution in [2.75, 3.05) is 13.1 Å². The van der Waals surface area contributed by atoms with Gasteiger partial charge in [0.1, 0.15) is 0 Å². The van der Waals surface area contributed by atoms with Gasteiger partial charge in [-0.05, 0) is 0 Å². The zero-order chi connectivity index (χ0) is 6.99. The van der Waals surface area contributed by atoms with Crippen molar-refractivity contribution in [3.05, 3.63) is 0 Å². The van der Waals surface area contributed by atoms with E-state index in [4.69, 9.17) is 5.21 Å². The fourth-order valence-electron chi connectivity index (χ4n) is 0.224. The van der Waals surface area contributed by atoms with Crippen molar-refractivity contribution in [1.82, 2.24) is 5.06 Å². The SMILES string of the molecule is CC.CCN(O)CC. The predicted molar refractivity (Wildman–Crippen MR) is 36.1 cm³/mol. The lowest BCUT2D eigenvalue weighted by Gasteiger charge is -2.05. The van der Waals surface area contributed by atoms with Gasteiger partial charge in [0.05, 0.1) is 0 Å².